The van der Waals surface area contributed by atoms with Gasteiger partial charge in [0.2, 0.25) is 0 Å². The van der Waals surface area contributed by atoms with Gasteiger partial charge in [0.1, 0.15) is 5.82 Å². The number of hydrogen-bond donors (Lipinski definition) is 1. The van der Waals surface area contributed by atoms with Crippen LogP contribution in [0.4, 0.5) is 17.2 Å². The molecule has 9 heteroatoms. The van der Waals surface area contributed by atoms with Crippen LogP contribution in [0.25, 0.3) is 22.6 Å². The Kier molecular flexibility index (Phi) is 8.22. The molecule has 1 aliphatic carbocycles. The zero-order valence-corrected chi connectivity index (χ0v) is 25.4. The van der Waals surface area contributed by atoms with E-state index >= 15 is 0 Å². The lowest BCUT2D eigenvalue weighted by atomic mass is 9.85. The number of hydrogen-bond acceptors (Lipinski definition) is 7. The Bertz CT molecular complexity index is 1930. The number of nitrogens with zero attached hydrogens (tertiary/aromatic N) is 5. The fourth-order valence-corrected chi connectivity index (χ4v) is 6.48. The molecule has 46 heavy (non-hydrogen) atoms. The molecule has 1 saturated heterocycles. The first-order chi connectivity index (χ1) is 22.5. The molecule has 0 radical (unpaired) electrons. The number of carbonyl (C=O) groups is 1. The Labute approximate surface area is 267 Å². The average Bonchev–Trinajstić information content (AvgIpc) is 3.09. The molecular weight excluding hydrogens is 576 g/mol. The second-order valence-electron chi connectivity index (χ2n) is 11.8. The Balaban J connectivity index is 1.10. The maximum atomic E-state index is 14.0. The molecule has 3 heterocycles. The molecule has 7 rings (SSSR count). The number of fused-ring (bicyclic) bond motifs is 2. The van der Waals surface area contributed by atoms with Gasteiger partial charge in [-0.2, -0.15) is 0 Å². The third kappa shape index (κ3) is 6.23. The van der Waals surface area contributed by atoms with Gasteiger partial charge in [-0.15, -0.1) is 0 Å². The number of benzene rings is 3. The second-order valence-corrected chi connectivity index (χ2v) is 11.8. The number of allylic oxidation sites excluding steroid dienone is 1. The van der Waals surface area contributed by atoms with Crippen LogP contribution in [0.3, 0.4) is 0 Å². The fourth-order valence-electron chi connectivity index (χ4n) is 6.48. The van der Waals surface area contributed by atoms with E-state index in [2.05, 4.69) is 38.3 Å². The predicted octanol–water partition coefficient (Wildman–Crippen LogP) is 6.99. The number of aromatic nitrogens is 2. The SMILES string of the molecule is O=C(Nc1ccc(CN2CCN(c3ccccn3)CC2)cc1)c1c2c(nc3ccccc13)/C(=C/c1cccc([N+](=O)[O-])c1)CCC2. The minimum absolute atomic E-state index is 0.0473. The summed E-state index contributed by atoms with van der Waals surface area (Å²) in [6, 6.07) is 28.5. The van der Waals surface area contributed by atoms with Crippen LogP contribution in [0.1, 0.15) is 45.6 Å². The van der Waals surface area contributed by atoms with Gasteiger partial charge < -0.3 is 10.2 Å². The molecule has 0 saturated carbocycles. The number of para-hydroxylation sites is 1. The van der Waals surface area contributed by atoms with Gasteiger partial charge in [0, 0.05) is 62.1 Å². The van der Waals surface area contributed by atoms with Crippen molar-refractivity contribution in [3.05, 3.63) is 135 Å². The van der Waals surface area contributed by atoms with Crippen LogP contribution >= 0.6 is 0 Å². The number of rotatable bonds is 7. The first-order valence-electron chi connectivity index (χ1n) is 15.7. The summed E-state index contributed by atoms with van der Waals surface area (Å²) in [4.78, 5) is 39.2. The Morgan fingerprint density at radius 3 is 2.50 bits per heavy atom. The van der Waals surface area contributed by atoms with E-state index in [0.717, 1.165) is 96.8 Å². The summed E-state index contributed by atoms with van der Waals surface area (Å²) in [5.74, 6) is 0.866. The number of carbonyl (C=O) groups excluding carboxylic acids is 1. The normalized spacial score (nSPS) is 15.9. The number of non-ortho nitro benzene ring substituents is 1. The number of nitro groups is 1. The predicted molar refractivity (Wildman–Crippen MR) is 182 cm³/mol. The Hall–Kier alpha value is -5.41. The van der Waals surface area contributed by atoms with Crippen LogP contribution < -0.4 is 10.2 Å². The highest BCUT2D eigenvalue weighted by Gasteiger charge is 2.25. The molecule has 2 aromatic heterocycles. The van der Waals surface area contributed by atoms with Gasteiger partial charge in [-0.05, 0) is 77.9 Å². The topological polar surface area (TPSA) is 104 Å². The molecule has 0 bridgehead atoms. The summed E-state index contributed by atoms with van der Waals surface area (Å²) in [6.45, 7) is 4.67. The highest BCUT2D eigenvalue weighted by atomic mass is 16.6. The van der Waals surface area contributed by atoms with Crippen LogP contribution in [-0.2, 0) is 13.0 Å². The fraction of sp³-hybridized carbons (Fsp3) is 0.216. The van der Waals surface area contributed by atoms with Gasteiger partial charge in [0.05, 0.1) is 21.7 Å². The van der Waals surface area contributed by atoms with Crippen molar-refractivity contribution in [3.8, 4) is 0 Å². The molecule has 9 nitrogen and oxygen atoms in total. The van der Waals surface area contributed by atoms with Crippen LogP contribution in [-0.4, -0.2) is 51.9 Å². The van der Waals surface area contributed by atoms with E-state index in [1.54, 1.807) is 12.1 Å². The zero-order chi connectivity index (χ0) is 31.5. The van der Waals surface area contributed by atoms with E-state index in [4.69, 9.17) is 4.98 Å². The first-order valence-corrected chi connectivity index (χ1v) is 15.7. The molecule has 1 fully saturated rings. The molecule has 1 amide bonds. The lowest BCUT2D eigenvalue weighted by Crippen LogP contribution is -2.46. The van der Waals surface area contributed by atoms with Gasteiger partial charge in [-0.3, -0.25) is 19.8 Å². The Morgan fingerprint density at radius 1 is 0.913 bits per heavy atom. The lowest BCUT2D eigenvalue weighted by Gasteiger charge is -2.35. The third-order valence-electron chi connectivity index (χ3n) is 8.78. The summed E-state index contributed by atoms with van der Waals surface area (Å²) in [5.41, 5.74) is 6.81. The average molecular weight is 611 g/mol. The van der Waals surface area contributed by atoms with Gasteiger partial charge in [0.25, 0.3) is 11.6 Å². The van der Waals surface area contributed by atoms with Crippen LogP contribution in [0, 0.1) is 10.1 Å². The van der Waals surface area contributed by atoms with Crippen molar-refractivity contribution in [3.63, 3.8) is 0 Å². The molecule has 0 atom stereocenters. The molecule has 230 valence electrons. The molecule has 2 aliphatic rings. The standard InChI is InChI=1S/C37H34N6O3/c44-37(39-29-16-14-26(15-17-29)25-41-19-21-42(22-20-41)34-13-3-4-18-38-34)35-31-10-1-2-12-33(31)40-36-28(8-6-11-32(35)36)23-27-7-5-9-30(24-27)43(45)46/h1-5,7,9-10,12-18,23-24H,6,8,11,19-22,25H2,(H,39,44)/b28-23+. The molecule has 0 unspecified atom stereocenters. The van der Waals surface area contributed by atoms with Crippen molar-refractivity contribution in [2.24, 2.45) is 0 Å². The molecule has 1 N–H and O–H groups in total. The maximum Gasteiger partial charge on any atom is 0.270 e. The quantitative estimate of drug-likeness (QED) is 0.156. The number of nitro benzene ring substituents is 1. The zero-order valence-electron chi connectivity index (χ0n) is 25.4. The minimum atomic E-state index is -0.386. The summed E-state index contributed by atoms with van der Waals surface area (Å²) >= 11 is 0. The van der Waals surface area contributed by atoms with E-state index < -0.39 is 0 Å². The van der Waals surface area contributed by atoms with Gasteiger partial charge in [-0.25, -0.2) is 9.97 Å². The highest BCUT2D eigenvalue weighted by molar-refractivity contribution is 6.14. The van der Waals surface area contributed by atoms with E-state index in [1.165, 1.54) is 11.6 Å². The molecule has 5 aromatic rings. The van der Waals surface area contributed by atoms with E-state index in [9.17, 15) is 14.9 Å². The maximum absolute atomic E-state index is 14.0. The Morgan fingerprint density at radius 2 is 1.72 bits per heavy atom. The van der Waals surface area contributed by atoms with Crippen molar-refractivity contribution >= 4 is 45.7 Å². The monoisotopic (exact) mass is 610 g/mol. The molecule has 3 aromatic carbocycles. The largest absolute Gasteiger partial charge is 0.354 e. The van der Waals surface area contributed by atoms with Crippen molar-refractivity contribution in [2.75, 3.05) is 36.4 Å². The van der Waals surface area contributed by atoms with E-state index in [1.807, 2.05) is 66.9 Å². The van der Waals surface area contributed by atoms with Crippen molar-refractivity contribution in [1.29, 1.82) is 0 Å². The summed E-state index contributed by atoms with van der Waals surface area (Å²) < 4.78 is 0. The smallest absolute Gasteiger partial charge is 0.270 e. The number of piperazine rings is 1. The third-order valence-corrected chi connectivity index (χ3v) is 8.78. The van der Waals surface area contributed by atoms with E-state index in [-0.39, 0.29) is 16.5 Å². The number of anilines is 2. The van der Waals surface area contributed by atoms with Gasteiger partial charge >= 0.3 is 0 Å². The molecule has 1 aliphatic heterocycles. The van der Waals surface area contributed by atoms with Crippen LogP contribution in [0.5, 0.6) is 0 Å². The highest BCUT2D eigenvalue weighted by Crippen LogP contribution is 2.37. The second kappa shape index (κ2) is 12.9. The van der Waals surface area contributed by atoms with E-state index in [0.29, 0.717) is 5.56 Å². The number of nitrogens with one attached hydrogen (secondary N) is 1. The lowest BCUT2D eigenvalue weighted by molar-refractivity contribution is -0.384. The van der Waals surface area contributed by atoms with Gasteiger partial charge in [-0.1, -0.05) is 48.5 Å². The van der Waals surface area contributed by atoms with Crippen molar-refractivity contribution in [1.82, 2.24) is 14.9 Å². The minimum Gasteiger partial charge on any atom is -0.354 e. The van der Waals surface area contributed by atoms with Crippen LogP contribution in [0.15, 0.2) is 97.2 Å². The van der Waals surface area contributed by atoms with Gasteiger partial charge in [0.15, 0.2) is 0 Å². The molecule has 0 spiro atoms. The number of amides is 1. The summed E-state index contributed by atoms with van der Waals surface area (Å²) in [5, 5.41) is 15.3. The molecular formula is C37H34N6O3. The van der Waals surface area contributed by atoms with Crippen LogP contribution in [0.2, 0.25) is 0 Å². The van der Waals surface area contributed by atoms with Crippen molar-refractivity contribution in [2.45, 2.75) is 25.8 Å². The number of pyridine rings is 2. The van der Waals surface area contributed by atoms with Crippen molar-refractivity contribution < 1.29 is 9.72 Å². The summed E-state index contributed by atoms with van der Waals surface area (Å²) in [7, 11) is 0. The summed E-state index contributed by atoms with van der Waals surface area (Å²) in [6.07, 6.45) is 6.17. The first kappa shape index (κ1) is 29.3.